The molecule has 18 heavy (non-hydrogen) atoms. The van der Waals surface area contributed by atoms with Gasteiger partial charge in [-0.1, -0.05) is 26.7 Å². The molecule has 0 aliphatic carbocycles. The van der Waals surface area contributed by atoms with Gasteiger partial charge in [-0.25, -0.2) is 0 Å². The summed E-state index contributed by atoms with van der Waals surface area (Å²) in [6, 6.07) is -1.56. The first-order valence-corrected chi connectivity index (χ1v) is 5.67. The third-order valence-corrected chi connectivity index (χ3v) is 2.77. The summed E-state index contributed by atoms with van der Waals surface area (Å²) in [4.78, 5) is 22.1. The van der Waals surface area contributed by atoms with Crippen LogP contribution in [0.15, 0.2) is 0 Å². The minimum absolute atomic E-state index is 0.204. The summed E-state index contributed by atoms with van der Waals surface area (Å²) in [7, 11) is 0.832. The number of nitrogens with zero attached hydrogens (tertiary/aromatic N) is 1. The van der Waals surface area contributed by atoms with Gasteiger partial charge in [-0.05, 0) is 12.3 Å². The molecule has 2 unspecified atom stereocenters. The molecule has 0 N–H and O–H groups in total. The van der Waals surface area contributed by atoms with E-state index in [1.807, 2.05) is 6.92 Å². The van der Waals surface area contributed by atoms with E-state index in [2.05, 4.69) is 0 Å². The van der Waals surface area contributed by atoms with Gasteiger partial charge in [-0.15, -0.1) is 0 Å². The maximum Gasteiger partial charge on any atom is 0.471 e. The van der Waals surface area contributed by atoms with Crippen molar-refractivity contribution in [1.29, 1.82) is 0 Å². The molecule has 0 rings (SSSR count). The number of carboxylic acid groups (broad SMARTS) is 1. The van der Waals surface area contributed by atoms with Crippen molar-refractivity contribution in [2.75, 3.05) is 7.05 Å². The Morgan fingerprint density at radius 1 is 1.33 bits per heavy atom. The standard InChI is InChI=1S/C11H18F3NO3/c1-4-5-6-7(2)8(9(16)17)15(3)10(18)11(12,13)14/h7-8H,4-6H2,1-3H3,(H,16,17)/p-1. The second kappa shape index (κ2) is 6.61. The number of hydrogen-bond donors (Lipinski definition) is 0. The lowest BCUT2D eigenvalue weighted by molar-refractivity contribution is -0.313. The van der Waals surface area contributed by atoms with Gasteiger partial charge in [0, 0.05) is 7.05 Å². The van der Waals surface area contributed by atoms with Gasteiger partial charge in [0.2, 0.25) is 0 Å². The van der Waals surface area contributed by atoms with Crippen LogP contribution in [0.1, 0.15) is 33.1 Å². The Morgan fingerprint density at radius 2 is 1.83 bits per heavy atom. The average Bonchev–Trinajstić information content (AvgIpc) is 2.23. The number of rotatable bonds is 6. The highest BCUT2D eigenvalue weighted by Crippen LogP contribution is 2.23. The van der Waals surface area contributed by atoms with Gasteiger partial charge in [0.1, 0.15) is 0 Å². The molecule has 2 atom stereocenters. The van der Waals surface area contributed by atoms with E-state index in [0.717, 1.165) is 13.5 Å². The number of hydrogen-bond acceptors (Lipinski definition) is 3. The number of likely N-dealkylation sites (N-methyl/N-ethyl adjacent to an activating group) is 1. The summed E-state index contributed by atoms with van der Waals surface area (Å²) in [6.45, 7) is 3.38. The number of amides is 1. The molecule has 0 saturated heterocycles. The topological polar surface area (TPSA) is 60.4 Å². The molecule has 0 aromatic carbocycles. The van der Waals surface area contributed by atoms with Gasteiger partial charge in [-0.3, -0.25) is 4.79 Å². The molecule has 0 saturated carbocycles. The second-order valence-corrected chi connectivity index (χ2v) is 4.30. The van der Waals surface area contributed by atoms with Crippen molar-refractivity contribution in [3.8, 4) is 0 Å². The maximum atomic E-state index is 12.2. The van der Waals surface area contributed by atoms with E-state index in [1.54, 1.807) is 0 Å². The van der Waals surface area contributed by atoms with E-state index in [-0.39, 0.29) is 4.90 Å². The Kier molecular flexibility index (Phi) is 6.14. The fraction of sp³-hybridized carbons (Fsp3) is 0.818. The summed E-state index contributed by atoms with van der Waals surface area (Å²) in [5, 5.41) is 10.9. The van der Waals surface area contributed by atoms with Crippen molar-refractivity contribution < 1.29 is 27.9 Å². The van der Waals surface area contributed by atoms with E-state index < -0.39 is 30.0 Å². The zero-order valence-electron chi connectivity index (χ0n) is 10.6. The second-order valence-electron chi connectivity index (χ2n) is 4.30. The summed E-state index contributed by atoms with van der Waals surface area (Å²) < 4.78 is 36.7. The van der Waals surface area contributed by atoms with Crippen LogP contribution in [0.4, 0.5) is 13.2 Å². The van der Waals surface area contributed by atoms with Gasteiger partial charge in [0.05, 0.1) is 12.0 Å². The normalized spacial score (nSPS) is 15.0. The van der Waals surface area contributed by atoms with Gasteiger partial charge < -0.3 is 14.8 Å². The minimum atomic E-state index is -5.08. The van der Waals surface area contributed by atoms with Gasteiger partial charge in [0.25, 0.3) is 0 Å². The van der Waals surface area contributed by atoms with Crippen LogP contribution in [0.25, 0.3) is 0 Å². The average molecular weight is 268 g/mol. The predicted molar refractivity (Wildman–Crippen MR) is 56.3 cm³/mol. The number of alkyl halides is 3. The Morgan fingerprint density at radius 3 is 2.17 bits per heavy atom. The molecule has 106 valence electrons. The zero-order chi connectivity index (χ0) is 14.5. The summed E-state index contributed by atoms with van der Waals surface area (Å²) in [5.41, 5.74) is 0. The molecule has 0 aliphatic rings. The van der Waals surface area contributed by atoms with E-state index in [9.17, 15) is 27.9 Å². The van der Waals surface area contributed by atoms with E-state index in [4.69, 9.17) is 0 Å². The van der Waals surface area contributed by atoms with Crippen molar-refractivity contribution in [2.45, 2.75) is 45.3 Å². The molecule has 0 bridgehead atoms. The summed E-state index contributed by atoms with van der Waals surface area (Å²) >= 11 is 0. The lowest BCUT2D eigenvalue weighted by atomic mass is 9.94. The number of unbranched alkanes of at least 4 members (excludes halogenated alkanes) is 1. The Bertz CT molecular complexity index is 304. The molecule has 0 heterocycles. The van der Waals surface area contributed by atoms with Crippen LogP contribution in [0.2, 0.25) is 0 Å². The highest BCUT2D eigenvalue weighted by molar-refractivity contribution is 5.86. The Balaban J connectivity index is 4.90. The molecule has 0 radical (unpaired) electrons. The quantitative estimate of drug-likeness (QED) is 0.720. The van der Waals surface area contributed by atoms with Crippen LogP contribution in [-0.4, -0.2) is 36.0 Å². The van der Waals surface area contributed by atoms with E-state index in [0.29, 0.717) is 12.8 Å². The van der Waals surface area contributed by atoms with Crippen molar-refractivity contribution >= 4 is 11.9 Å². The number of halogens is 3. The number of carbonyl (C=O) groups is 2. The van der Waals surface area contributed by atoms with Crippen LogP contribution in [0.3, 0.4) is 0 Å². The monoisotopic (exact) mass is 268 g/mol. The first-order chi connectivity index (χ1) is 8.12. The third kappa shape index (κ3) is 4.54. The maximum absolute atomic E-state index is 12.2. The first kappa shape index (κ1) is 16.7. The molecular weight excluding hydrogens is 251 g/mol. The lowest BCUT2D eigenvalue weighted by Crippen LogP contribution is -2.55. The van der Waals surface area contributed by atoms with Gasteiger partial charge in [-0.2, -0.15) is 13.2 Å². The number of aliphatic carboxylic acids is 1. The van der Waals surface area contributed by atoms with E-state index >= 15 is 0 Å². The largest absolute Gasteiger partial charge is 0.548 e. The fourth-order valence-corrected chi connectivity index (χ4v) is 1.78. The first-order valence-electron chi connectivity index (χ1n) is 5.67. The molecule has 1 amide bonds. The predicted octanol–water partition coefficient (Wildman–Crippen LogP) is 0.952. The van der Waals surface area contributed by atoms with Crippen molar-refractivity contribution in [3.63, 3.8) is 0 Å². The van der Waals surface area contributed by atoms with Gasteiger partial charge >= 0.3 is 12.1 Å². The smallest absolute Gasteiger partial charge is 0.471 e. The Hall–Kier alpha value is -1.27. The van der Waals surface area contributed by atoms with Crippen LogP contribution >= 0.6 is 0 Å². The number of carboxylic acids is 1. The van der Waals surface area contributed by atoms with Crippen molar-refractivity contribution in [1.82, 2.24) is 4.90 Å². The molecule has 0 aliphatic heterocycles. The SMILES string of the molecule is CCCCC(C)C(C(=O)[O-])N(C)C(=O)C(F)(F)F. The molecule has 0 spiro atoms. The van der Waals surface area contributed by atoms with E-state index in [1.165, 1.54) is 6.92 Å². The zero-order valence-corrected chi connectivity index (χ0v) is 10.6. The molecule has 0 aromatic heterocycles. The van der Waals surface area contributed by atoms with Gasteiger partial charge in [0.15, 0.2) is 0 Å². The summed E-state index contributed by atoms with van der Waals surface area (Å²) in [5.74, 6) is -4.43. The Labute approximate surface area is 104 Å². The van der Waals surface area contributed by atoms with Crippen molar-refractivity contribution in [3.05, 3.63) is 0 Å². The highest BCUT2D eigenvalue weighted by atomic mass is 19.4. The molecular formula is C11H17F3NO3-. The lowest BCUT2D eigenvalue weighted by Gasteiger charge is -2.34. The molecule has 0 aromatic rings. The highest BCUT2D eigenvalue weighted by Gasteiger charge is 2.44. The van der Waals surface area contributed by atoms with Crippen LogP contribution < -0.4 is 5.11 Å². The summed E-state index contributed by atoms with van der Waals surface area (Å²) in [6.07, 6.45) is -3.18. The van der Waals surface area contributed by atoms with Crippen LogP contribution in [-0.2, 0) is 9.59 Å². The van der Waals surface area contributed by atoms with Crippen LogP contribution in [0.5, 0.6) is 0 Å². The minimum Gasteiger partial charge on any atom is -0.548 e. The third-order valence-electron chi connectivity index (χ3n) is 2.77. The van der Waals surface area contributed by atoms with Crippen molar-refractivity contribution in [2.24, 2.45) is 5.92 Å². The molecule has 4 nitrogen and oxygen atoms in total. The fourth-order valence-electron chi connectivity index (χ4n) is 1.78. The molecule has 0 fully saturated rings. The number of carbonyl (C=O) groups excluding carboxylic acids is 2. The van der Waals surface area contributed by atoms with Crippen LogP contribution in [0, 0.1) is 5.92 Å². The molecule has 7 heteroatoms.